The van der Waals surface area contributed by atoms with Crippen molar-refractivity contribution in [2.24, 2.45) is 0 Å². The summed E-state index contributed by atoms with van der Waals surface area (Å²) in [7, 11) is 0. The number of nitrogen functional groups attached to an aromatic ring is 1. The van der Waals surface area contributed by atoms with Crippen molar-refractivity contribution < 1.29 is 9.53 Å². The molecule has 3 N–H and O–H groups in total. The molecular weight excluding hydrogens is 287 g/mol. The SMILES string of the molecule is CC1OCCC1(C)NC(=O)c1cc(Cl)c(N)c(Cl)c1. The molecule has 4 nitrogen and oxygen atoms in total. The summed E-state index contributed by atoms with van der Waals surface area (Å²) in [6, 6.07) is 3.03. The third kappa shape index (κ3) is 2.81. The van der Waals surface area contributed by atoms with Crippen molar-refractivity contribution in [1.82, 2.24) is 5.32 Å². The number of nitrogens with one attached hydrogen (secondary N) is 1. The van der Waals surface area contributed by atoms with Gasteiger partial charge >= 0.3 is 0 Å². The average Bonchev–Trinajstić information content (AvgIpc) is 2.65. The molecule has 104 valence electrons. The number of carbonyl (C=O) groups excluding carboxylic acids is 1. The summed E-state index contributed by atoms with van der Waals surface area (Å²) >= 11 is 11.9. The molecule has 1 aromatic rings. The number of amides is 1. The van der Waals surface area contributed by atoms with E-state index in [0.717, 1.165) is 6.42 Å². The van der Waals surface area contributed by atoms with E-state index >= 15 is 0 Å². The molecule has 0 aliphatic carbocycles. The number of ether oxygens (including phenoxy) is 1. The van der Waals surface area contributed by atoms with Crippen LogP contribution in [0.25, 0.3) is 0 Å². The van der Waals surface area contributed by atoms with E-state index in [0.29, 0.717) is 12.2 Å². The van der Waals surface area contributed by atoms with E-state index in [9.17, 15) is 4.79 Å². The van der Waals surface area contributed by atoms with Gasteiger partial charge in [0.1, 0.15) is 0 Å². The number of benzene rings is 1. The predicted octanol–water partition coefficient (Wildman–Crippen LogP) is 2.87. The summed E-state index contributed by atoms with van der Waals surface area (Å²) in [6.45, 7) is 4.54. The van der Waals surface area contributed by atoms with Gasteiger partial charge in [-0.15, -0.1) is 0 Å². The van der Waals surface area contributed by atoms with Crippen LogP contribution in [0.15, 0.2) is 12.1 Å². The third-order valence-corrected chi connectivity index (χ3v) is 4.25. The number of nitrogens with two attached hydrogens (primary N) is 1. The first kappa shape index (κ1) is 14.4. The Bertz CT molecular complexity index is 498. The molecule has 1 aliphatic rings. The maximum absolute atomic E-state index is 12.2. The van der Waals surface area contributed by atoms with Gasteiger partial charge in [-0.3, -0.25) is 4.79 Å². The van der Waals surface area contributed by atoms with Gasteiger partial charge in [-0.2, -0.15) is 0 Å². The van der Waals surface area contributed by atoms with Crippen LogP contribution in [-0.2, 0) is 4.74 Å². The van der Waals surface area contributed by atoms with E-state index in [1.807, 2.05) is 13.8 Å². The molecule has 2 atom stereocenters. The predicted molar refractivity (Wildman–Crippen MR) is 76.8 cm³/mol. The Morgan fingerprint density at radius 2 is 2.05 bits per heavy atom. The smallest absolute Gasteiger partial charge is 0.251 e. The van der Waals surface area contributed by atoms with E-state index in [1.165, 1.54) is 12.1 Å². The number of rotatable bonds is 2. The van der Waals surface area contributed by atoms with Crippen molar-refractivity contribution in [2.75, 3.05) is 12.3 Å². The topological polar surface area (TPSA) is 64.3 Å². The lowest BCUT2D eigenvalue weighted by Gasteiger charge is -2.29. The van der Waals surface area contributed by atoms with Gasteiger partial charge in [-0.05, 0) is 32.4 Å². The van der Waals surface area contributed by atoms with Crippen LogP contribution in [0, 0.1) is 0 Å². The molecule has 2 rings (SSSR count). The monoisotopic (exact) mass is 302 g/mol. The molecular formula is C13H16Cl2N2O2. The van der Waals surface area contributed by atoms with Crippen LogP contribution in [0.5, 0.6) is 0 Å². The van der Waals surface area contributed by atoms with Crippen LogP contribution in [0.1, 0.15) is 30.6 Å². The summed E-state index contributed by atoms with van der Waals surface area (Å²) in [5.74, 6) is -0.233. The minimum absolute atomic E-state index is 0.0313. The lowest BCUT2D eigenvalue weighted by Crippen LogP contribution is -2.50. The zero-order valence-electron chi connectivity index (χ0n) is 10.8. The minimum Gasteiger partial charge on any atom is -0.396 e. The molecule has 1 amide bonds. The maximum atomic E-state index is 12.2. The molecule has 1 saturated heterocycles. The molecule has 19 heavy (non-hydrogen) atoms. The van der Waals surface area contributed by atoms with Gasteiger partial charge in [0.15, 0.2) is 0 Å². The summed E-state index contributed by atoms with van der Waals surface area (Å²) < 4.78 is 5.48. The lowest BCUT2D eigenvalue weighted by molar-refractivity contribution is 0.0727. The van der Waals surface area contributed by atoms with E-state index in [1.54, 1.807) is 0 Å². The first-order valence-corrected chi connectivity index (χ1v) is 6.78. The van der Waals surface area contributed by atoms with Crippen molar-refractivity contribution in [3.05, 3.63) is 27.7 Å². The molecule has 0 spiro atoms. The van der Waals surface area contributed by atoms with Crippen LogP contribution < -0.4 is 11.1 Å². The van der Waals surface area contributed by atoms with Gasteiger partial charge in [0, 0.05) is 12.2 Å². The number of hydrogen-bond acceptors (Lipinski definition) is 3. The Morgan fingerprint density at radius 1 is 1.47 bits per heavy atom. The summed E-state index contributed by atoms with van der Waals surface area (Å²) in [5.41, 5.74) is 5.94. The van der Waals surface area contributed by atoms with Crippen LogP contribution in [0.4, 0.5) is 5.69 Å². The highest BCUT2D eigenvalue weighted by Crippen LogP contribution is 2.30. The fraction of sp³-hybridized carbons (Fsp3) is 0.462. The second-order valence-electron chi connectivity index (χ2n) is 4.99. The van der Waals surface area contributed by atoms with E-state index in [-0.39, 0.29) is 33.3 Å². The molecule has 0 radical (unpaired) electrons. The highest BCUT2D eigenvalue weighted by Gasteiger charge is 2.38. The number of carbonyl (C=O) groups is 1. The fourth-order valence-electron chi connectivity index (χ4n) is 2.05. The van der Waals surface area contributed by atoms with Gasteiger partial charge in [-0.1, -0.05) is 23.2 Å². The molecule has 6 heteroatoms. The van der Waals surface area contributed by atoms with Gasteiger partial charge in [0.25, 0.3) is 5.91 Å². The zero-order valence-corrected chi connectivity index (χ0v) is 12.3. The molecule has 1 fully saturated rings. The Balaban J connectivity index is 2.21. The number of halogens is 2. The van der Waals surface area contributed by atoms with E-state index < -0.39 is 0 Å². The van der Waals surface area contributed by atoms with Crippen molar-refractivity contribution in [1.29, 1.82) is 0 Å². The summed E-state index contributed by atoms with van der Waals surface area (Å²) in [5, 5.41) is 3.53. The molecule has 1 aliphatic heterocycles. The van der Waals surface area contributed by atoms with Crippen LogP contribution in [0.2, 0.25) is 10.0 Å². The largest absolute Gasteiger partial charge is 0.396 e. The quantitative estimate of drug-likeness (QED) is 0.826. The highest BCUT2D eigenvalue weighted by atomic mass is 35.5. The van der Waals surface area contributed by atoms with Gasteiger partial charge in [-0.25, -0.2) is 0 Å². The molecule has 2 unspecified atom stereocenters. The normalized spacial score (nSPS) is 26.4. The summed E-state index contributed by atoms with van der Waals surface area (Å²) in [4.78, 5) is 12.2. The average molecular weight is 303 g/mol. The Hall–Kier alpha value is -0.970. The lowest BCUT2D eigenvalue weighted by atomic mass is 9.94. The molecule has 1 heterocycles. The Labute approximate surface area is 122 Å². The standard InChI is InChI=1S/C13H16Cl2N2O2/c1-7-13(2,3-4-19-7)17-12(18)8-5-9(14)11(16)10(15)6-8/h5-7H,3-4,16H2,1-2H3,(H,17,18). The fourth-order valence-corrected chi connectivity index (χ4v) is 2.53. The van der Waals surface area contributed by atoms with Crippen LogP contribution >= 0.6 is 23.2 Å². The first-order valence-electron chi connectivity index (χ1n) is 6.02. The van der Waals surface area contributed by atoms with Gasteiger partial charge in [0.05, 0.1) is 27.4 Å². The maximum Gasteiger partial charge on any atom is 0.251 e. The van der Waals surface area contributed by atoms with Crippen molar-refractivity contribution in [3.8, 4) is 0 Å². The van der Waals surface area contributed by atoms with Gasteiger partial charge in [0.2, 0.25) is 0 Å². The minimum atomic E-state index is -0.378. The number of hydrogen-bond donors (Lipinski definition) is 2. The zero-order chi connectivity index (χ0) is 14.2. The summed E-state index contributed by atoms with van der Waals surface area (Å²) in [6.07, 6.45) is 0.743. The van der Waals surface area contributed by atoms with Crippen molar-refractivity contribution in [3.63, 3.8) is 0 Å². The van der Waals surface area contributed by atoms with Crippen molar-refractivity contribution in [2.45, 2.75) is 31.9 Å². The second-order valence-corrected chi connectivity index (χ2v) is 5.80. The molecule has 0 aromatic heterocycles. The van der Waals surface area contributed by atoms with Crippen LogP contribution in [0.3, 0.4) is 0 Å². The molecule has 0 bridgehead atoms. The molecule has 1 aromatic carbocycles. The number of anilines is 1. The molecule has 0 saturated carbocycles. The van der Waals surface area contributed by atoms with Gasteiger partial charge < -0.3 is 15.8 Å². The second kappa shape index (κ2) is 5.19. The first-order chi connectivity index (χ1) is 8.83. The van der Waals surface area contributed by atoms with Crippen molar-refractivity contribution >= 4 is 34.8 Å². The Kier molecular flexibility index (Phi) is 3.95. The van der Waals surface area contributed by atoms with Crippen LogP contribution in [-0.4, -0.2) is 24.2 Å². The van der Waals surface area contributed by atoms with E-state index in [4.69, 9.17) is 33.7 Å². The third-order valence-electron chi connectivity index (χ3n) is 3.63. The highest BCUT2D eigenvalue weighted by molar-refractivity contribution is 6.39. The van der Waals surface area contributed by atoms with E-state index in [2.05, 4.69) is 5.32 Å². The Morgan fingerprint density at radius 3 is 2.53 bits per heavy atom.